The summed E-state index contributed by atoms with van der Waals surface area (Å²) in [7, 11) is 3.94. The van der Waals surface area contributed by atoms with E-state index >= 15 is 0 Å². The molecule has 3 aromatic rings. The highest BCUT2D eigenvalue weighted by Crippen LogP contribution is 2.30. The first-order valence-electron chi connectivity index (χ1n) is 11.1. The number of amides is 2. The topological polar surface area (TPSA) is 81.7 Å². The molecule has 1 aromatic carbocycles. The van der Waals surface area contributed by atoms with Gasteiger partial charge in [0.05, 0.1) is 17.6 Å². The molecule has 8 nitrogen and oxygen atoms in total. The van der Waals surface area contributed by atoms with Crippen LogP contribution in [0.4, 0.5) is 10.8 Å². The van der Waals surface area contributed by atoms with Crippen molar-refractivity contribution in [2.24, 2.45) is 0 Å². The van der Waals surface area contributed by atoms with Crippen LogP contribution in [0.1, 0.15) is 16.9 Å². The SMILES string of the molecule is CN(C)CCC(=O)N1CCN(c2ccc(C(=O)Nc3nc(-c4ccccc4Cl)cs3)nc2)CC1.Cl. The third-order valence-corrected chi connectivity index (χ3v) is 6.71. The van der Waals surface area contributed by atoms with Gasteiger partial charge < -0.3 is 14.7 Å². The van der Waals surface area contributed by atoms with Crippen molar-refractivity contribution >= 4 is 58.0 Å². The number of benzene rings is 1. The molecule has 1 fully saturated rings. The summed E-state index contributed by atoms with van der Waals surface area (Å²) in [5.41, 5.74) is 2.79. The molecular formula is C24H28Cl2N6O2S. The number of carbonyl (C=O) groups is 2. The highest BCUT2D eigenvalue weighted by atomic mass is 35.5. The van der Waals surface area contributed by atoms with Crippen molar-refractivity contribution in [3.05, 3.63) is 58.7 Å². The molecule has 1 aliphatic rings. The molecule has 2 aromatic heterocycles. The van der Waals surface area contributed by atoms with Gasteiger partial charge in [-0.05, 0) is 32.3 Å². The van der Waals surface area contributed by atoms with Crippen molar-refractivity contribution in [2.75, 3.05) is 57.0 Å². The molecule has 1 aliphatic heterocycles. The fraction of sp³-hybridized carbons (Fsp3) is 0.333. The van der Waals surface area contributed by atoms with Crippen molar-refractivity contribution in [3.63, 3.8) is 0 Å². The summed E-state index contributed by atoms with van der Waals surface area (Å²) in [5.74, 6) is -0.124. The number of pyridine rings is 1. The maximum Gasteiger partial charge on any atom is 0.276 e. The summed E-state index contributed by atoms with van der Waals surface area (Å²) < 4.78 is 0. The Morgan fingerprint density at radius 3 is 2.51 bits per heavy atom. The van der Waals surface area contributed by atoms with E-state index in [0.29, 0.717) is 41.1 Å². The van der Waals surface area contributed by atoms with Crippen molar-refractivity contribution in [3.8, 4) is 11.3 Å². The first kappa shape index (κ1) is 26.9. The predicted octanol–water partition coefficient (Wildman–Crippen LogP) is 4.13. The van der Waals surface area contributed by atoms with Crippen LogP contribution in [0.15, 0.2) is 48.0 Å². The van der Waals surface area contributed by atoms with Crippen LogP contribution in [0.5, 0.6) is 0 Å². The highest BCUT2D eigenvalue weighted by molar-refractivity contribution is 7.14. The van der Waals surface area contributed by atoms with Gasteiger partial charge in [-0.1, -0.05) is 29.8 Å². The first-order chi connectivity index (χ1) is 16.4. The van der Waals surface area contributed by atoms with E-state index in [1.165, 1.54) is 11.3 Å². The number of aromatic nitrogens is 2. The molecule has 0 saturated carbocycles. The number of hydrogen-bond donors (Lipinski definition) is 1. The Morgan fingerprint density at radius 1 is 1.11 bits per heavy atom. The van der Waals surface area contributed by atoms with Crippen LogP contribution in [0, 0.1) is 0 Å². The molecule has 1 saturated heterocycles. The minimum absolute atomic E-state index is 0. The molecule has 11 heteroatoms. The van der Waals surface area contributed by atoms with Gasteiger partial charge >= 0.3 is 0 Å². The van der Waals surface area contributed by atoms with Crippen LogP contribution in [0.25, 0.3) is 11.3 Å². The van der Waals surface area contributed by atoms with Crippen molar-refractivity contribution in [1.29, 1.82) is 0 Å². The van der Waals surface area contributed by atoms with Crippen LogP contribution >= 0.6 is 35.3 Å². The quantitative estimate of drug-likeness (QED) is 0.490. The lowest BCUT2D eigenvalue weighted by Gasteiger charge is -2.36. The summed E-state index contributed by atoms with van der Waals surface area (Å²) in [5, 5.41) is 5.77. The van der Waals surface area contributed by atoms with E-state index in [1.54, 1.807) is 12.3 Å². The van der Waals surface area contributed by atoms with Gasteiger partial charge in [0.1, 0.15) is 5.69 Å². The maximum atomic E-state index is 12.6. The summed E-state index contributed by atoms with van der Waals surface area (Å²) in [6.45, 7) is 3.61. The minimum atomic E-state index is -0.317. The average molecular weight is 536 g/mol. The molecular weight excluding hydrogens is 507 g/mol. The predicted molar refractivity (Wildman–Crippen MR) is 144 cm³/mol. The molecule has 186 valence electrons. The number of anilines is 2. The second kappa shape index (κ2) is 12.3. The number of nitrogens with zero attached hydrogens (tertiary/aromatic N) is 5. The van der Waals surface area contributed by atoms with Gasteiger partial charge in [-0.15, -0.1) is 23.7 Å². The first-order valence-corrected chi connectivity index (χ1v) is 12.3. The van der Waals surface area contributed by atoms with Gasteiger partial charge in [0.15, 0.2) is 5.13 Å². The van der Waals surface area contributed by atoms with Gasteiger partial charge in [0, 0.05) is 55.1 Å². The van der Waals surface area contributed by atoms with Gasteiger partial charge in [-0.2, -0.15) is 0 Å². The van der Waals surface area contributed by atoms with E-state index in [9.17, 15) is 9.59 Å². The average Bonchev–Trinajstić information content (AvgIpc) is 3.31. The maximum absolute atomic E-state index is 12.6. The van der Waals surface area contributed by atoms with Crippen molar-refractivity contribution < 1.29 is 9.59 Å². The smallest absolute Gasteiger partial charge is 0.276 e. The van der Waals surface area contributed by atoms with E-state index in [2.05, 4.69) is 20.2 Å². The monoisotopic (exact) mass is 534 g/mol. The lowest BCUT2D eigenvalue weighted by molar-refractivity contribution is -0.131. The zero-order valence-electron chi connectivity index (χ0n) is 19.6. The zero-order chi connectivity index (χ0) is 24.1. The Bertz CT molecular complexity index is 1150. The molecule has 35 heavy (non-hydrogen) atoms. The third-order valence-electron chi connectivity index (χ3n) is 5.63. The Labute approximate surface area is 220 Å². The van der Waals surface area contributed by atoms with E-state index in [1.807, 2.05) is 59.6 Å². The van der Waals surface area contributed by atoms with E-state index in [4.69, 9.17) is 11.6 Å². The molecule has 0 bridgehead atoms. The summed E-state index contributed by atoms with van der Waals surface area (Å²) >= 11 is 7.58. The largest absolute Gasteiger partial charge is 0.367 e. The summed E-state index contributed by atoms with van der Waals surface area (Å²) in [6.07, 6.45) is 2.24. The summed E-state index contributed by atoms with van der Waals surface area (Å²) in [4.78, 5) is 39.9. The molecule has 4 rings (SSSR count). The zero-order valence-corrected chi connectivity index (χ0v) is 22.0. The Hall–Kier alpha value is -2.72. The second-order valence-electron chi connectivity index (χ2n) is 8.29. The normalized spacial score (nSPS) is 13.5. The van der Waals surface area contributed by atoms with Crippen molar-refractivity contribution in [1.82, 2.24) is 19.8 Å². The van der Waals surface area contributed by atoms with Crippen molar-refractivity contribution in [2.45, 2.75) is 6.42 Å². The van der Waals surface area contributed by atoms with Gasteiger partial charge in [-0.25, -0.2) is 9.97 Å². The Morgan fingerprint density at radius 2 is 1.86 bits per heavy atom. The van der Waals surface area contributed by atoms with E-state index < -0.39 is 0 Å². The van der Waals surface area contributed by atoms with E-state index in [0.717, 1.165) is 30.9 Å². The van der Waals surface area contributed by atoms with Gasteiger partial charge in [-0.3, -0.25) is 14.9 Å². The molecule has 0 aliphatic carbocycles. The number of rotatable bonds is 7. The molecule has 0 spiro atoms. The van der Waals surface area contributed by atoms with Crippen LogP contribution in [-0.4, -0.2) is 78.4 Å². The number of thiazole rings is 1. The van der Waals surface area contributed by atoms with Crippen LogP contribution < -0.4 is 10.2 Å². The third kappa shape index (κ3) is 6.91. The Kier molecular flexibility index (Phi) is 9.45. The summed E-state index contributed by atoms with van der Waals surface area (Å²) in [6, 6.07) is 11.1. The second-order valence-corrected chi connectivity index (χ2v) is 9.56. The van der Waals surface area contributed by atoms with Crippen LogP contribution in [0.3, 0.4) is 0 Å². The number of nitrogens with one attached hydrogen (secondary N) is 1. The van der Waals surface area contributed by atoms with Crippen LogP contribution in [-0.2, 0) is 4.79 Å². The fourth-order valence-corrected chi connectivity index (χ4v) is 4.62. The van der Waals surface area contributed by atoms with Gasteiger partial charge in [0.2, 0.25) is 5.91 Å². The minimum Gasteiger partial charge on any atom is -0.367 e. The molecule has 2 amide bonds. The van der Waals surface area contributed by atoms with Gasteiger partial charge in [0.25, 0.3) is 5.91 Å². The number of carbonyl (C=O) groups excluding carboxylic acids is 2. The van der Waals surface area contributed by atoms with Crippen LogP contribution in [0.2, 0.25) is 5.02 Å². The number of hydrogen-bond acceptors (Lipinski definition) is 7. The number of halogens is 2. The number of piperazine rings is 1. The highest BCUT2D eigenvalue weighted by Gasteiger charge is 2.21. The Balaban J connectivity index is 0.00000342. The molecule has 3 heterocycles. The molecule has 0 atom stereocenters. The standard InChI is InChI=1S/C24H27ClN6O2S.ClH/c1-29(2)10-9-22(32)31-13-11-30(12-14-31)17-7-8-20(26-15-17)23(33)28-24-27-21(16-34-24)18-5-3-4-6-19(18)25;/h3-8,15-16H,9-14H2,1-2H3,(H,27,28,33);1H. The molecule has 0 radical (unpaired) electrons. The van der Waals surface area contributed by atoms with E-state index in [-0.39, 0.29) is 24.2 Å². The molecule has 0 unspecified atom stereocenters. The lowest BCUT2D eigenvalue weighted by Crippen LogP contribution is -2.49. The lowest BCUT2D eigenvalue weighted by atomic mass is 10.2. The fourth-order valence-electron chi connectivity index (χ4n) is 3.68. The molecule has 1 N–H and O–H groups in total.